The molecule has 11 nitrogen and oxygen atoms in total. The molecule has 1 aromatic heterocycles. The molecule has 0 amide bonds. The molecule has 2 aromatic rings. The number of hydrogen-bond acceptors (Lipinski definition) is 10. The van der Waals surface area contributed by atoms with Crippen LogP contribution in [0.25, 0.3) is 0 Å². The molecule has 0 spiro atoms. The number of aryl methyl sites for hydroxylation is 2. The van der Waals surface area contributed by atoms with E-state index in [0.29, 0.717) is 11.8 Å². The van der Waals surface area contributed by atoms with Crippen LogP contribution in [0.3, 0.4) is 0 Å². The molecular formula is C19H26N6O5S. The summed E-state index contributed by atoms with van der Waals surface area (Å²) < 4.78 is 26.6. The second-order valence-electron chi connectivity index (χ2n) is 7.97. The Balaban J connectivity index is 1.44. The Morgan fingerprint density at radius 2 is 1.84 bits per heavy atom. The molecule has 5 atom stereocenters. The second kappa shape index (κ2) is 8.63. The average molecular weight is 451 g/mol. The molecule has 31 heavy (non-hydrogen) atoms. The Labute approximate surface area is 180 Å². The van der Waals surface area contributed by atoms with E-state index in [1.807, 2.05) is 12.1 Å². The minimum atomic E-state index is -4.13. The van der Waals surface area contributed by atoms with Gasteiger partial charge in [0.15, 0.2) is 0 Å². The number of hydrogen-bond donors (Lipinski definition) is 5. The monoisotopic (exact) mass is 450 g/mol. The molecular weight excluding hydrogens is 424 g/mol. The summed E-state index contributed by atoms with van der Waals surface area (Å²) in [7, 11) is -4.13. The molecule has 0 saturated heterocycles. The molecule has 2 aliphatic rings. The van der Waals surface area contributed by atoms with Crippen molar-refractivity contribution in [3.8, 4) is 0 Å². The summed E-state index contributed by atoms with van der Waals surface area (Å²) >= 11 is 0. The van der Waals surface area contributed by atoms with Crippen LogP contribution >= 0.6 is 0 Å². The van der Waals surface area contributed by atoms with Gasteiger partial charge in [0.2, 0.25) is 11.9 Å². The highest BCUT2D eigenvalue weighted by Gasteiger charge is 2.42. The number of nitrogens with zero attached hydrogens (tertiary/aromatic N) is 3. The number of aromatic nitrogens is 3. The number of aliphatic hydroxyl groups excluding tert-OH is 2. The maximum absolute atomic E-state index is 11.0. The van der Waals surface area contributed by atoms with Crippen molar-refractivity contribution in [1.29, 1.82) is 0 Å². The Hall–Kier alpha value is -2.38. The first-order valence-corrected chi connectivity index (χ1v) is 11.5. The van der Waals surface area contributed by atoms with Crippen molar-refractivity contribution in [1.82, 2.24) is 15.0 Å². The van der Waals surface area contributed by atoms with Crippen LogP contribution < -0.4 is 15.8 Å². The largest absolute Gasteiger partial charge is 0.390 e. The standard InChI is InChI=1S/C19H26N6O5S/c1-10-21-18(23-14-7-6-11-4-2-3-5-13(11)14)25-19(22-10)24-15-8-12(16(26)17(15)27)9-30-31(20,28)29/h2-5,12,14-17,26-27H,6-9H2,1H3,(H2,20,28,29)(H2,21,22,23,24,25)/t12-,14+,15-,16-,17?/m1/s1. The van der Waals surface area contributed by atoms with Crippen LogP contribution in [0.5, 0.6) is 0 Å². The predicted octanol–water partition coefficient (Wildman–Crippen LogP) is 0.0217. The topological polar surface area (TPSA) is 173 Å². The molecule has 1 unspecified atom stereocenters. The van der Waals surface area contributed by atoms with Crippen molar-refractivity contribution in [2.75, 3.05) is 17.2 Å². The lowest BCUT2D eigenvalue weighted by Crippen LogP contribution is -2.36. The number of rotatable bonds is 7. The van der Waals surface area contributed by atoms with Gasteiger partial charge in [0, 0.05) is 5.92 Å². The van der Waals surface area contributed by atoms with Gasteiger partial charge in [-0.3, -0.25) is 4.18 Å². The summed E-state index contributed by atoms with van der Waals surface area (Å²) in [5.74, 6) is 0.555. The molecule has 6 N–H and O–H groups in total. The Morgan fingerprint density at radius 3 is 2.58 bits per heavy atom. The average Bonchev–Trinajstić information content (AvgIpc) is 3.22. The van der Waals surface area contributed by atoms with Crippen molar-refractivity contribution in [2.45, 2.75) is 50.5 Å². The first-order chi connectivity index (χ1) is 14.7. The Kier molecular flexibility index (Phi) is 6.08. The van der Waals surface area contributed by atoms with Crippen LogP contribution in [0.15, 0.2) is 24.3 Å². The molecule has 12 heteroatoms. The number of anilines is 2. The number of nitrogens with two attached hydrogens (primary N) is 1. The highest BCUT2D eigenvalue weighted by atomic mass is 32.2. The molecule has 1 saturated carbocycles. The van der Waals surface area contributed by atoms with E-state index in [9.17, 15) is 18.6 Å². The van der Waals surface area contributed by atoms with Crippen LogP contribution in [-0.4, -0.2) is 58.4 Å². The molecule has 2 aliphatic carbocycles. The maximum atomic E-state index is 11.0. The van der Waals surface area contributed by atoms with Gasteiger partial charge < -0.3 is 20.8 Å². The molecule has 1 aromatic carbocycles. The van der Waals surface area contributed by atoms with Crippen LogP contribution in [0.4, 0.5) is 11.9 Å². The van der Waals surface area contributed by atoms with Crippen LogP contribution in [0.2, 0.25) is 0 Å². The lowest BCUT2D eigenvalue weighted by atomic mass is 10.1. The third-order valence-electron chi connectivity index (χ3n) is 5.75. The fourth-order valence-corrected chi connectivity index (χ4v) is 4.62. The van der Waals surface area contributed by atoms with Gasteiger partial charge in [-0.2, -0.15) is 23.4 Å². The van der Waals surface area contributed by atoms with Gasteiger partial charge in [-0.05, 0) is 37.3 Å². The molecule has 1 heterocycles. The van der Waals surface area contributed by atoms with E-state index in [1.54, 1.807) is 6.92 Å². The third-order valence-corrected chi connectivity index (χ3v) is 6.21. The highest BCUT2D eigenvalue weighted by Crippen LogP contribution is 2.33. The smallest absolute Gasteiger partial charge is 0.333 e. The van der Waals surface area contributed by atoms with E-state index in [1.165, 1.54) is 11.1 Å². The molecule has 168 valence electrons. The maximum Gasteiger partial charge on any atom is 0.333 e. The SMILES string of the molecule is Cc1nc(N[C@H]2CCc3ccccc32)nc(N[C@@H]2C[C@H](COS(N)(=O)=O)[C@@H](O)C2O)n1. The van der Waals surface area contributed by atoms with Gasteiger partial charge in [-0.1, -0.05) is 24.3 Å². The first-order valence-electron chi connectivity index (χ1n) is 10.1. The molecule has 0 bridgehead atoms. The van der Waals surface area contributed by atoms with Crippen molar-refractivity contribution in [2.24, 2.45) is 11.1 Å². The number of nitrogens with one attached hydrogen (secondary N) is 2. The van der Waals surface area contributed by atoms with Crippen molar-refractivity contribution < 1.29 is 22.8 Å². The zero-order valence-corrected chi connectivity index (χ0v) is 17.8. The summed E-state index contributed by atoms with van der Waals surface area (Å²) in [5, 5.41) is 31.8. The van der Waals surface area contributed by atoms with Crippen LogP contribution in [0, 0.1) is 12.8 Å². The van der Waals surface area contributed by atoms with E-state index in [4.69, 9.17) is 5.14 Å². The normalized spacial score (nSPS) is 27.8. The van der Waals surface area contributed by atoms with E-state index < -0.39 is 34.5 Å². The van der Waals surface area contributed by atoms with Gasteiger partial charge >= 0.3 is 10.3 Å². The minimum Gasteiger partial charge on any atom is -0.390 e. The molecule has 1 fully saturated rings. The summed E-state index contributed by atoms with van der Waals surface area (Å²) in [6, 6.07) is 7.75. The fraction of sp³-hybridized carbons (Fsp3) is 0.526. The number of aliphatic hydroxyl groups is 2. The molecule has 0 radical (unpaired) electrons. The number of benzene rings is 1. The van der Waals surface area contributed by atoms with E-state index in [-0.39, 0.29) is 25.0 Å². The summed E-state index contributed by atoms with van der Waals surface area (Å²) in [6.45, 7) is 1.42. The van der Waals surface area contributed by atoms with Crippen molar-refractivity contribution in [3.63, 3.8) is 0 Å². The van der Waals surface area contributed by atoms with Crippen molar-refractivity contribution >= 4 is 22.2 Å². The predicted molar refractivity (Wildman–Crippen MR) is 112 cm³/mol. The lowest BCUT2D eigenvalue weighted by molar-refractivity contribution is 0.00775. The minimum absolute atomic E-state index is 0.101. The first kappa shape index (κ1) is 21.8. The van der Waals surface area contributed by atoms with Crippen molar-refractivity contribution in [3.05, 3.63) is 41.2 Å². The Morgan fingerprint density at radius 1 is 1.13 bits per heavy atom. The number of fused-ring (bicyclic) bond motifs is 1. The van der Waals surface area contributed by atoms with Gasteiger partial charge in [0.05, 0.1) is 24.8 Å². The van der Waals surface area contributed by atoms with E-state index >= 15 is 0 Å². The zero-order valence-electron chi connectivity index (χ0n) is 17.0. The summed E-state index contributed by atoms with van der Waals surface area (Å²) in [5.41, 5.74) is 2.53. The molecule has 4 rings (SSSR count). The molecule has 0 aliphatic heterocycles. The van der Waals surface area contributed by atoms with E-state index in [0.717, 1.165) is 12.8 Å². The van der Waals surface area contributed by atoms with Gasteiger partial charge in [0.25, 0.3) is 0 Å². The van der Waals surface area contributed by atoms with Gasteiger partial charge in [-0.25, -0.2) is 5.14 Å². The highest BCUT2D eigenvalue weighted by molar-refractivity contribution is 7.84. The zero-order chi connectivity index (χ0) is 22.2. The second-order valence-corrected chi connectivity index (χ2v) is 9.19. The van der Waals surface area contributed by atoms with E-state index in [2.05, 4.69) is 41.9 Å². The van der Waals surface area contributed by atoms with Crippen LogP contribution in [0.1, 0.15) is 35.8 Å². The fourth-order valence-electron chi connectivity index (χ4n) is 4.25. The third kappa shape index (κ3) is 5.10. The van der Waals surface area contributed by atoms with Gasteiger partial charge in [0.1, 0.15) is 11.9 Å². The van der Waals surface area contributed by atoms with Crippen LogP contribution in [-0.2, 0) is 20.9 Å². The Bertz CT molecular complexity index is 1050. The summed E-state index contributed by atoms with van der Waals surface area (Å²) in [4.78, 5) is 13.1. The quantitative estimate of drug-likeness (QED) is 0.387. The summed E-state index contributed by atoms with van der Waals surface area (Å²) in [6.07, 6.45) is -0.149. The van der Waals surface area contributed by atoms with Gasteiger partial charge in [-0.15, -0.1) is 0 Å². The lowest BCUT2D eigenvalue weighted by Gasteiger charge is -2.19.